The fourth-order valence-electron chi connectivity index (χ4n) is 0.361. The standard InChI is InChI=1S/C4HF7O3S2/c5-1(6)2(7)14-3(8,9)4(10,11)16(12,13)15/h(H,12,13,15). The van der Waals surface area contributed by atoms with Gasteiger partial charge < -0.3 is 9.29 Å². The summed E-state index contributed by atoms with van der Waals surface area (Å²) in [5.74, 6) is 0. The van der Waals surface area contributed by atoms with E-state index < -0.39 is 32.2 Å². The zero-order chi connectivity index (χ0) is 13.4. The summed E-state index contributed by atoms with van der Waals surface area (Å²) in [6.07, 6.45) is -9.43. The molecule has 1 atom stereocenters. The molecule has 96 valence electrons. The lowest BCUT2D eigenvalue weighted by Crippen LogP contribution is -2.47. The zero-order valence-electron chi connectivity index (χ0n) is 6.73. The third kappa shape index (κ3) is 2.95. The van der Waals surface area contributed by atoms with Gasteiger partial charge in [0.25, 0.3) is 0 Å². The molecule has 0 bridgehead atoms. The second kappa shape index (κ2) is 4.33. The molecule has 0 saturated carbocycles. The molecule has 0 heterocycles. The van der Waals surface area contributed by atoms with Crippen molar-refractivity contribution >= 4 is 20.0 Å². The fraction of sp³-hybridized carbons (Fsp3) is 0.500. The Balaban J connectivity index is 5.32. The maximum Gasteiger partial charge on any atom is 0.482 e. The molecule has 3 nitrogen and oxygen atoms in total. The molecule has 0 aliphatic carbocycles. The summed E-state index contributed by atoms with van der Waals surface area (Å²) in [5.41, 5.74) is 0. The van der Waals surface area contributed by atoms with Gasteiger partial charge in [-0.3, -0.25) is 0 Å². The van der Waals surface area contributed by atoms with Gasteiger partial charge in [0.2, 0.25) is 8.77 Å². The van der Waals surface area contributed by atoms with Crippen LogP contribution < -0.4 is 0 Å². The molecule has 0 radical (unpaired) electrons. The minimum absolute atomic E-state index is 2.26. The molecule has 12 heteroatoms. The zero-order valence-corrected chi connectivity index (χ0v) is 8.36. The van der Waals surface area contributed by atoms with E-state index in [2.05, 4.69) is 15.9 Å². The lowest BCUT2D eigenvalue weighted by Gasteiger charge is -2.23. The van der Waals surface area contributed by atoms with E-state index in [1.807, 2.05) is 0 Å². The Hall–Kier alpha value is -0.620. The van der Waals surface area contributed by atoms with Gasteiger partial charge in [-0.15, -0.1) is 0 Å². The second-order valence-electron chi connectivity index (χ2n) is 2.14. The van der Waals surface area contributed by atoms with Gasteiger partial charge >= 0.3 is 23.5 Å². The maximum atomic E-state index is 12.4. The predicted molar refractivity (Wildman–Crippen MR) is 39.5 cm³/mol. The highest BCUT2D eigenvalue weighted by Gasteiger charge is 2.67. The summed E-state index contributed by atoms with van der Waals surface area (Å²) in [6, 6.07) is -3.30. The van der Waals surface area contributed by atoms with Gasteiger partial charge in [-0.25, -0.2) is 4.21 Å². The van der Waals surface area contributed by atoms with Crippen molar-refractivity contribution in [2.45, 2.75) is 11.4 Å². The quantitative estimate of drug-likeness (QED) is 0.639. The fourth-order valence-corrected chi connectivity index (χ4v) is 0.994. The van der Waals surface area contributed by atoms with Crippen LogP contribution in [0.1, 0.15) is 0 Å². The minimum Gasteiger partial charge on any atom is -0.397 e. The third-order valence-corrected chi connectivity index (χ3v) is 2.54. The first-order chi connectivity index (χ1) is 6.83. The van der Waals surface area contributed by atoms with E-state index in [0.29, 0.717) is 0 Å². The van der Waals surface area contributed by atoms with Crippen molar-refractivity contribution in [1.82, 2.24) is 0 Å². The van der Waals surface area contributed by atoms with E-state index in [-0.39, 0.29) is 0 Å². The average Bonchev–Trinajstić information content (AvgIpc) is 2.00. The highest BCUT2D eigenvalue weighted by atomic mass is 32.8. The van der Waals surface area contributed by atoms with Crippen LogP contribution in [0.2, 0.25) is 0 Å². The smallest absolute Gasteiger partial charge is 0.397 e. The van der Waals surface area contributed by atoms with Gasteiger partial charge in [0.1, 0.15) is 0 Å². The highest BCUT2D eigenvalue weighted by Crippen LogP contribution is 2.41. The van der Waals surface area contributed by atoms with E-state index in [4.69, 9.17) is 4.55 Å². The molecule has 16 heavy (non-hydrogen) atoms. The van der Waals surface area contributed by atoms with Crippen LogP contribution >= 0.6 is 0 Å². The highest BCUT2D eigenvalue weighted by molar-refractivity contribution is 8.30. The Morgan fingerprint density at radius 1 is 1.19 bits per heavy atom. The van der Waals surface area contributed by atoms with E-state index in [0.717, 1.165) is 0 Å². The molecule has 0 rings (SSSR count). The van der Waals surface area contributed by atoms with Crippen LogP contribution in [-0.2, 0) is 24.7 Å². The van der Waals surface area contributed by atoms with Crippen molar-refractivity contribution in [3.05, 3.63) is 12.1 Å². The van der Waals surface area contributed by atoms with Crippen LogP contribution in [-0.4, -0.2) is 20.1 Å². The summed E-state index contributed by atoms with van der Waals surface area (Å²) < 4.78 is 104. The molecule has 0 amide bonds. The molecule has 0 saturated heterocycles. The Morgan fingerprint density at radius 2 is 1.56 bits per heavy atom. The monoisotopic (exact) mass is 294 g/mol. The van der Waals surface area contributed by atoms with Crippen LogP contribution in [0.5, 0.6) is 0 Å². The molecular weight excluding hydrogens is 293 g/mol. The Bertz CT molecular complexity index is 396. The van der Waals surface area contributed by atoms with Crippen LogP contribution in [0, 0.1) is 0 Å². The molecule has 1 N–H and O–H groups in total. The third-order valence-electron chi connectivity index (χ3n) is 1.03. The van der Waals surface area contributed by atoms with Gasteiger partial charge in [0.15, 0.2) is 0 Å². The van der Waals surface area contributed by atoms with E-state index in [1.165, 1.54) is 0 Å². The van der Waals surface area contributed by atoms with Gasteiger partial charge in [0, 0.05) is 11.2 Å². The first-order valence-corrected chi connectivity index (χ1v) is 5.39. The van der Waals surface area contributed by atoms with Crippen molar-refractivity contribution in [3.63, 3.8) is 0 Å². The molecule has 1 unspecified atom stereocenters. The number of ether oxygens (including phenoxy) is 1. The van der Waals surface area contributed by atoms with Crippen molar-refractivity contribution in [2.24, 2.45) is 0 Å². The summed E-state index contributed by atoms with van der Waals surface area (Å²) in [7, 11) is -5.84. The van der Waals surface area contributed by atoms with Gasteiger partial charge in [-0.2, -0.15) is 30.7 Å². The largest absolute Gasteiger partial charge is 0.482 e. The lowest BCUT2D eigenvalue weighted by atomic mass is 10.6. The lowest BCUT2D eigenvalue weighted by molar-refractivity contribution is -0.309. The molecule has 0 aromatic carbocycles. The molecule has 0 aromatic heterocycles. The number of hydrogen-bond acceptors (Lipinski definition) is 3. The molecular formula is C4HF7O3S2. The van der Waals surface area contributed by atoms with Crippen molar-refractivity contribution < 1.29 is 44.2 Å². The minimum atomic E-state index is -5.99. The SMILES string of the molecule is O=S(O)(=S)C(F)(F)C(F)(F)OC(F)=C(F)F. The van der Waals surface area contributed by atoms with E-state index in [9.17, 15) is 34.9 Å². The van der Waals surface area contributed by atoms with Crippen LogP contribution in [0.4, 0.5) is 30.7 Å². The maximum absolute atomic E-state index is 12.4. The summed E-state index contributed by atoms with van der Waals surface area (Å²) in [4.78, 5) is 0. The first kappa shape index (κ1) is 15.4. The first-order valence-electron chi connectivity index (χ1n) is 2.95. The van der Waals surface area contributed by atoms with Gasteiger partial charge in [-0.05, 0) is 0 Å². The van der Waals surface area contributed by atoms with Gasteiger partial charge in [0.05, 0.1) is 0 Å². The Morgan fingerprint density at radius 3 is 1.81 bits per heavy atom. The summed E-state index contributed by atoms with van der Waals surface area (Å²) in [6.45, 7) is 0. The van der Waals surface area contributed by atoms with E-state index >= 15 is 0 Å². The Labute approximate surface area is 88.4 Å². The van der Waals surface area contributed by atoms with Gasteiger partial charge in [-0.1, -0.05) is 0 Å². The van der Waals surface area contributed by atoms with Crippen molar-refractivity contribution in [3.8, 4) is 0 Å². The average molecular weight is 294 g/mol. The van der Waals surface area contributed by atoms with Crippen molar-refractivity contribution in [1.29, 1.82) is 0 Å². The van der Waals surface area contributed by atoms with E-state index in [1.54, 1.807) is 0 Å². The predicted octanol–water partition coefficient (Wildman–Crippen LogP) is 2.44. The normalized spacial score (nSPS) is 16.5. The number of hydrogen-bond donors (Lipinski definition) is 1. The number of halogens is 7. The molecule has 0 fully saturated rings. The second-order valence-corrected chi connectivity index (χ2v) is 4.96. The van der Waals surface area contributed by atoms with Crippen LogP contribution in [0.3, 0.4) is 0 Å². The molecule has 0 aromatic rings. The van der Waals surface area contributed by atoms with Crippen molar-refractivity contribution in [2.75, 3.05) is 0 Å². The Kier molecular flexibility index (Phi) is 4.16. The number of rotatable bonds is 4. The van der Waals surface area contributed by atoms with Crippen LogP contribution in [0.15, 0.2) is 12.1 Å². The summed E-state index contributed by atoms with van der Waals surface area (Å²) >= 11 is 3.13. The van der Waals surface area contributed by atoms with Crippen LogP contribution in [0.25, 0.3) is 0 Å². The molecule has 0 aliphatic rings. The molecule has 0 spiro atoms. The topological polar surface area (TPSA) is 46.5 Å². The molecule has 0 aliphatic heterocycles. The number of alkyl halides is 4. The summed E-state index contributed by atoms with van der Waals surface area (Å²) in [5, 5.41) is -5.91.